The molecule has 146 valence electrons. The molecule has 0 bridgehead atoms. The molecule has 1 heterocycles. The van der Waals surface area contributed by atoms with E-state index in [1.54, 1.807) is 30.3 Å². The Morgan fingerprint density at radius 2 is 1.71 bits per heavy atom. The first kappa shape index (κ1) is 19.9. The van der Waals surface area contributed by atoms with Gasteiger partial charge in [0.1, 0.15) is 0 Å². The molecule has 0 aromatic heterocycles. The molecule has 2 aromatic carbocycles. The summed E-state index contributed by atoms with van der Waals surface area (Å²) in [5.41, 5.74) is 8.46. The van der Waals surface area contributed by atoms with E-state index >= 15 is 0 Å². The average Bonchev–Trinajstić information content (AvgIpc) is 3.18. The number of amides is 3. The maximum absolute atomic E-state index is 12.7. The molecule has 0 saturated carbocycles. The van der Waals surface area contributed by atoms with Crippen molar-refractivity contribution in [2.24, 2.45) is 5.92 Å². The predicted molar refractivity (Wildman–Crippen MR) is 111 cm³/mol. The Labute approximate surface area is 168 Å². The first-order valence-electron chi connectivity index (χ1n) is 8.87. The van der Waals surface area contributed by atoms with Gasteiger partial charge >= 0.3 is 6.03 Å². The standard InChI is InChI=1S/C20H22ClN5O2/c1-2-11-22-20(28)25-16-9-7-15(8-10-16)24-19(27)17-12-23-26-18(17)13-3-5-14(21)6-4-13/h2-10,17-18,23,26H,1,11-12H2,(H,24,27)(H2,22,25,28). The van der Waals surface area contributed by atoms with Crippen LogP contribution in [0.1, 0.15) is 11.6 Å². The number of carbonyl (C=O) groups excluding carboxylic acids is 2. The van der Waals surface area contributed by atoms with E-state index in [1.165, 1.54) is 0 Å². The van der Waals surface area contributed by atoms with Gasteiger partial charge in [0.2, 0.25) is 5.91 Å². The van der Waals surface area contributed by atoms with Crippen molar-refractivity contribution in [3.63, 3.8) is 0 Å². The number of nitrogens with one attached hydrogen (secondary N) is 5. The Balaban J connectivity index is 1.60. The van der Waals surface area contributed by atoms with E-state index < -0.39 is 0 Å². The first-order valence-corrected chi connectivity index (χ1v) is 9.25. The molecular formula is C20H22ClN5O2. The van der Waals surface area contributed by atoms with E-state index in [9.17, 15) is 9.59 Å². The molecule has 1 aliphatic heterocycles. The summed E-state index contributed by atoms with van der Waals surface area (Å²) in [6, 6.07) is 13.9. The van der Waals surface area contributed by atoms with Crippen molar-refractivity contribution in [3.8, 4) is 0 Å². The van der Waals surface area contributed by atoms with E-state index in [0.717, 1.165) is 5.56 Å². The van der Waals surface area contributed by atoms with Crippen LogP contribution >= 0.6 is 11.6 Å². The fourth-order valence-corrected chi connectivity index (χ4v) is 3.07. The molecule has 2 aromatic rings. The lowest BCUT2D eigenvalue weighted by molar-refractivity contribution is -0.119. The highest BCUT2D eigenvalue weighted by atomic mass is 35.5. The van der Waals surface area contributed by atoms with Crippen LogP contribution in [0.5, 0.6) is 0 Å². The average molecular weight is 400 g/mol. The second-order valence-corrected chi connectivity index (χ2v) is 6.79. The van der Waals surface area contributed by atoms with Crippen molar-refractivity contribution >= 4 is 34.9 Å². The Morgan fingerprint density at radius 1 is 1.07 bits per heavy atom. The molecule has 2 unspecified atom stereocenters. The summed E-state index contributed by atoms with van der Waals surface area (Å²) in [6.45, 7) is 4.45. The molecule has 28 heavy (non-hydrogen) atoms. The molecule has 8 heteroatoms. The summed E-state index contributed by atoms with van der Waals surface area (Å²) in [5.74, 6) is -0.370. The Morgan fingerprint density at radius 3 is 2.36 bits per heavy atom. The Kier molecular flexibility index (Phi) is 6.65. The third kappa shape index (κ3) is 5.10. The minimum absolute atomic E-state index is 0.0955. The van der Waals surface area contributed by atoms with Gasteiger partial charge < -0.3 is 16.0 Å². The maximum Gasteiger partial charge on any atom is 0.319 e. The number of halogens is 1. The van der Waals surface area contributed by atoms with Crippen LogP contribution in [0.15, 0.2) is 61.2 Å². The lowest BCUT2D eigenvalue weighted by atomic mass is 9.94. The van der Waals surface area contributed by atoms with Gasteiger partial charge in [-0.15, -0.1) is 6.58 Å². The second kappa shape index (κ2) is 9.36. The van der Waals surface area contributed by atoms with Crippen LogP contribution < -0.4 is 26.8 Å². The van der Waals surface area contributed by atoms with Gasteiger partial charge in [0.05, 0.1) is 12.0 Å². The number of benzene rings is 2. The minimum atomic E-state index is -0.314. The van der Waals surface area contributed by atoms with Crippen molar-refractivity contribution in [2.45, 2.75) is 6.04 Å². The number of rotatable bonds is 6. The number of urea groups is 1. The quantitative estimate of drug-likeness (QED) is 0.482. The number of hydrogen-bond acceptors (Lipinski definition) is 4. The molecule has 0 radical (unpaired) electrons. The number of anilines is 2. The molecular weight excluding hydrogens is 378 g/mol. The van der Waals surface area contributed by atoms with Gasteiger partial charge in [-0.2, -0.15) is 0 Å². The summed E-state index contributed by atoms with van der Waals surface area (Å²) in [7, 11) is 0. The Bertz CT molecular complexity index is 839. The van der Waals surface area contributed by atoms with Crippen LogP contribution in [-0.4, -0.2) is 25.0 Å². The van der Waals surface area contributed by atoms with Crippen molar-refractivity contribution in [3.05, 3.63) is 71.8 Å². The number of carbonyl (C=O) groups is 2. The monoisotopic (exact) mass is 399 g/mol. The summed E-state index contributed by atoms with van der Waals surface area (Å²) >= 11 is 5.94. The van der Waals surface area contributed by atoms with E-state index in [2.05, 4.69) is 33.4 Å². The van der Waals surface area contributed by atoms with Crippen LogP contribution in [0.4, 0.5) is 16.2 Å². The predicted octanol–water partition coefficient (Wildman–Crippen LogP) is 3.05. The summed E-state index contributed by atoms with van der Waals surface area (Å²) in [6.07, 6.45) is 1.60. The van der Waals surface area contributed by atoms with Gasteiger partial charge in [-0.25, -0.2) is 10.2 Å². The summed E-state index contributed by atoms with van der Waals surface area (Å²) < 4.78 is 0. The molecule has 3 amide bonds. The van der Waals surface area contributed by atoms with Crippen LogP contribution in [-0.2, 0) is 4.79 Å². The maximum atomic E-state index is 12.7. The van der Waals surface area contributed by atoms with Crippen LogP contribution in [0.2, 0.25) is 5.02 Å². The lowest BCUT2D eigenvalue weighted by Crippen LogP contribution is -2.29. The largest absolute Gasteiger partial charge is 0.334 e. The highest BCUT2D eigenvalue weighted by Crippen LogP contribution is 2.27. The van der Waals surface area contributed by atoms with Crippen molar-refractivity contribution in [1.82, 2.24) is 16.2 Å². The van der Waals surface area contributed by atoms with E-state index in [4.69, 9.17) is 11.6 Å². The highest BCUT2D eigenvalue weighted by Gasteiger charge is 2.33. The second-order valence-electron chi connectivity index (χ2n) is 6.35. The topological polar surface area (TPSA) is 94.3 Å². The molecule has 0 aliphatic carbocycles. The van der Waals surface area contributed by atoms with Gasteiger partial charge in [-0.1, -0.05) is 29.8 Å². The SMILES string of the molecule is C=CCNC(=O)Nc1ccc(NC(=O)C2CNNC2c2ccc(Cl)cc2)cc1. The van der Waals surface area contributed by atoms with Gasteiger partial charge in [-0.05, 0) is 42.0 Å². The zero-order chi connectivity index (χ0) is 19.9. The first-order chi connectivity index (χ1) is 13.6. The fraction of sp³-hybridized carbons (Fsp3) is 0.200. The number of hydrogen-bond donors (Lipinski definition) is 5. The van der Waals surface area contributed by atoms with E-state index in [1.807, 2.05) is 24.3 Å². The van der Waals surface area contributed by atoms with Gasteiger partial charge in [0.15, 0.2) is 0 Å². The lowest BCUT2D eigenvalue weighted by Gasteiger charge is -2.18. The van der Waals surface area contributed by atoms with Gasteiger partial charge in [-0.3, -0.25) is 10.2 Å². The molecule has 2 atom stereocenters. The van der Waals surface area contributed by atoms with E-state index in [-0.39, 0.29) is 23.9 Å². The Hall–Kier alpha value is -2.87. The molecule has 3 rings (SSSR count). The molecule has 1 fully saturated rings. The smallest absolute Gasteiger partial charge is 0.319 e. The molecule has 5 N–H and O–H groups in total. The molecule has 0 spiro atoms. The van der Waals surface area contributed by atoms with Crippen molar-refractivity contribution < 1.29 is 9.59 Å². The third-order valence-electron chi connectivity index (χ3n) is 4.37. The fourth-order valence-electron chi connectivity index (χ4n) is 2.94. The number of hydrazine groups is 1. The van der Waals surface area contributed by atoms with Crippen LogP contribution in [0.25, 0.3) is 0 Å². The highest BCUT2D eigenvalue weighted by molar-refractivity contribution is 6.30. The van der Waals surface area contributed by atoms with Crippen LogP contribution in [0, 0.1) is 5.92 Å². The van der Waals surface area contributed by atoms with Crippen molar-refractivity contribution in [1.29, 1.82) is 0 Å². The van der Waals surface area contributed by atoms with Gasteiger partial charge in [0, 0.05) is 29.5 Å². The normalized spacial score (nSPS) is 18.3. The third-order valence-corrected chi connectivity index (χ3v) is 4.62. The summed E-state index contributed by atoms with van der Waals surface area (Å²) in [4.78, 5) is 24.4. The van der Waals surface area contributed by atoms with Crippen LogP contribution in [0.3, 0.4) is 0 Å². The zero-order valence-electron chi connectivity index (χ0n) is 15.2. The van der Waals surface area contributed by atoms with Crippen molar-refractivity contribution in [2.75, 3.05) is 23.7 Å². The van der Waals surface area contributed by atoms with Gasteiger partial charge in [0.25, 0.3) is 0 Å². The minimum Gasteiger partial charge on any atom is -0.334 e. The molecule has 1 saturated heterocycles. The van der Waals surface area contributed by atoms with E-state index in [0.29, 0.717) is 29.5 Å². The molecule has 1 aliphatic rings. The molecule has 7 nitrogen and oxygen atoms in total. The zero-order valence-corrected chi connectivity index (χ0v) is 15.9. The summed E-state index contributed by atoms with van der Waals surface area (Å²) in [5, 5.41) is 8.91.